The number of anilines is 1. The van der Waals surface area contributed by atoms with Crippen molar-refractivity contribution in [2.45, 2.75) is 70.2 Å². The topological polar surface area (TPSA) is 203 Å². The molecule has 4 atom stereocenters. The number of pyridine rings is 1. The quantitative estimate of drug-likeness (QED) is 0.105. The van der Waals surface area contributed by atoms with Crippen molar-refractivity contribution >= 4 is 28.7 Å². The molecule has 3 fully saturated rings. The van der Waals surface area contributed by atoms with Crippen molar-refractivity contribution in [2.24, 2.45) is 5.11 Å². The van der Waals surface area contributed by atoms with E-state index >= 15 is 4.39 Å². The minimum atomic E-state index is -1.00. The van der Waals surface area contributed by atoms with Gasteiger partial charge >= 0.3 is 17.8 Å². The van der Waals surface area contributed by atoms with Gasteiger partial charge < -0.3 is 33.3 Å². The number of aryl methyl sites for hydroxylation is 1. The van der Waals surface area contributed by atoms with E-state index in [0.29, 0.717) is 5.52 Å². The molecule has 1 saturated carbocycles. The van der Waals surface area contributed by atoms with Gasteiger partial charge in [0.15, 0.2) is 11.6 Å². The predicted octanol–water partition coefficient (Wildman–Crippen LogP) is 4.31. The monoisotopic (exact) mass is 758 g/mol. The second-order valence-electron chi connectivity index (χ2n) is 13.9. The molecule has 2 aliphatic heterocycles. The molecular formula is C37H39FN8O9. The molecule has 18 heteroatoms. The lowest BCUT2D eigenvalue weighted by Crippen LogP contribution is -2.54. The Morgan fingerprint density at radius 1 is 1.09 bits per heavy atom. The number of carbonyl (C=O) groups is 2. The van der Waals surface area contributed by atoms with E-state index in [-0.39, 0.29) is 72.7 Å². The van der Waals surface area contributed by atoms with Crippen molar-refractivity contribution in [3.8, 4) is 5.75 Å². The zero-order chi connectivity index (χ0) is 39.0. The summed E-state index contributed by atoms with van der Waals surface area (Å²) in [4.78, 5) is 73.2. The highest BCUT2D eigenvalue weighted by Crippen LogP contribution is 2.44. The number of methoxy groups -OCH3 is 1. The van der Waals surface area contributed by atoms with E-state index < -0.39 is 59.5 Å². The fraction of sp³-hybridized carbons (Fsp3) is 0.432. The SMILES string of the molecule is COc1c(N2CCN(C(=O)OCc3ccccc3)C(C)C2)c(F)cc2c(=O)c(C(=O)OCC3OC(n4cc(C)c(=O)[nH]c4=O)CC3N=[N+]=[N-])cn(C3CC3)c12. The summed E-state index contributed by atoms with van der Waals surface area (Å²) in [5.41, 5.74) is 8.35. The zero-order valence-electron chi connectivity index (χ0n) is 30.3. The Kier molecular flexibility index (Phi) is 10.4. The van der Waals surface area contributed by atoms with Crippen LogP contribution in [0.2, 0.25) is 0 Å². The summed E-state index contributed by atoms with van der Waals surface area (Å²) in [7, 11) is 1.39. The number of benzene rings is 2. The van der Waals surface area contributed by atoms with Gasteiger partial charge in [0, 0.05) is 61.0 Å². The third kappa shape index (κ3) is 7.37. The van der Waals surface area contributed by atoms with Gasteiger partial charge in [-0.15, -0.1) is 0 Å². The average molecular weight is 759 g/mol. The minimum absolute atomic E-state index is 0.0513. The first-order valence-corrected chi connectivity index (χ1v) is 17.9. The van der Waals surface area contributed by atoms with Crippen LogP contribution in [0.5, 0.6) is 5.75 Å². The normalized spacial score (nSPS) is 20.9. The largest absolute Gasteiger partial charge is 0.492 e. The van der Waals surface area contributed by atoms with Crippen LogP contribution in [-0.4, -0.2) is 82.6 Å². The molecule has 0 bridgehead atoms. The van der Waals surface area contributed by atoms with Gasteiger partial charge in [0.05, 0.1) is 24.1 Å². The molecule has 1 amide bonds. The number of rotatable bonds is 10. The van der Waals surface area contributed by atoms with Crippen LogP contribution in [0, 0.1) is 12.7 Å². The number of amides is 1. The molecule has 3 aliphatic rings. The molecule has 4 aromatic rings. The summed E-state index contributed by atoms with van der Waals surface area (Å²) in [6.45, 7) is 3.83. The first kappa shape index (κ1) is 37.2. The summed E-state index contributed by atoms with van der Waals surface area (Å²) in [5.74, 6) is -1.61. The number of piperazine rings is 1. The molecular weight excluding hydrogens is 719 g/mol. The number of nitrogens with one attached hydrogen (secondary N) is 1. The highest BCUT2D eigenvalue weighted by atomic mass is 19.1. The van der Waals surface area contributed by atoms with Gasteiger partial charge in [-0.2, -0.15) is 0 Å². The van der Waals surface area contributed by atoms with Crippen molar-refractivity contribution in [2.75, 3.05) is 38.3 Å². The van der Waals surface area contributed by atoms with Crippen molar-refractivity contribution in [1.29, 1.82) is 0 Å². The molecule has 4 unspecified atom stereocenters. The fourth-order valence-electron chi connectivity index (χ4n) is 7.21. The lowest BCUT2D eigenvalue weighted by Gasteiger charge is -2.40. The van der Waals surface area contributed by atoms with E-state index in [1.165, 1.54) is 26.4 Å². The molecule has 4 heterocycles. The van der Waals surface area contributed by atoms with E-state index in [1.54, 1.807) is 14.4 Å². The number of nitrogens with zero attached hydrogens (tertiary/aromatic N) is 7. The summed E-state index contributed by atoms with van der Waals surface area (Å²) in [6, 6.07) is 9.15. The van der Waals surface area contributed by atoms with Crippen LogP contribution in [-0.2, 0) is 20.8 Å². The number of H-pyrrole nitrogens is 1. The van der Waals surface area contributed by atoms with Crippen molar-refractivity contribution in [3.05, 3.63) is 113 Å². The Hall–Kier alpha value is -6.13. The van der Waals surface area contributed by atoms with Crippen LogP contribution >= 0.6 is 0 Å². The van der Waals surface area contributed by atoms with Crippen LogP contribution in [0.4, 0.5) is 14.9 Å². The molecule has 1 aliphatic carbocycles. The molecule has 2 aromatic carbocycles. The minimum Gasteiger partial charge on any atom is -0.492 e. The molecule has 2 aromatic heterocycles. The second-order valence-corrected chi connectivity index (χ2v) is 13.9. The molecule has 0 spiro atoms. The Morgan fingerprint density at radius 2 is 1.85 bits per heavy atom. The van der Waals surface area contributed by atoms with E-state index in [9.17, 15) is 24.0 Å². The maximum atomic E-state index is 16.2. The Bertz CT molecular complexity index is 2370. The summed E-state index contributed by atoms with van der Waals surface area (Å²) in [5, 5.41) is 3.67. The lowest BCUT2D eigenvalue weighted by molar-refractivity contribution is -0.0363. The Labute approximate surface area is 312 Å². The average Bonchev–Trinajstić information content (AvgIpc) is 3.94. The molecule has 0 radical (unpaired) electrons. The van der Waals surface area contributed by atoms with Crippen molar-refractivity contribution in [3.63, 3.8) is 0 Å². The number of carbonyl (C=O) groups excluding carboxylic acids is 2. The summed E-state index contributed by atoms with van der Waals surface area (Å²) >= 11 is 0. The van der Waals surface area contributed by atoms with Crippen LogP contribution in [0.1, 0.15) is 59.9 Å². The maximum Gasteiger partial charge on any atom is 0.410 e. The maximum absolute atomic E-state index is 16.2. The molecule has 17 nitrogen and oxygen atoms in total. The number of azide groups is 1. The highest BCUT2D eigenvalue weighted by Gasteiger charge is 2.38. The van der Waals surface area contributed by atoms with Crippen LogP contribution in [0.15, 0.2) is 68.3 Å². The zero-order valence-corrected chi connectivity index (χ0v) is 30.3. The van der Waals surface area contributed by atoms with Crippen LogP contribution in [0.25, 0.3) is 21.3 Å². The second kappa shape index (κ2) is 15.3. The fourth-order valence-corrected chi connectivity index (χ4v) is 7.21. The number of ether oxygens (including phenoxy) is 4. The van der Waals surface area contributed by atoms with Gasteiger partial charge in [-0.05, 0) is 43.9 Å². The molecule has 55 heavy (non-hydrogen) atoms. The van der Waals surface area contributed by atoms with Gasteiger partial charge in [0.2, 0.25) is 5.43 Å². The Morgan fingerprint density at radius 3 is 2.55 bits per heavy atom. The number of aromatic amines is 1. The number of esters is 1. The van der Waals surface area contributed by atoms with Gasteiger partial charge in [-0.25, -0.2) is 18.8 Å². The van der Waals surface area contributed by atoms with Crippen molar-refractivity contribution < 1.29 is 32.9 Å². The smallest absolute Gasteiger partial charge is 0.410 e. The Balaban J connectivity index is 1.12. The summed E-state index contributed by atoms with van der Waals surface area (Å²) in [6.07, 6.45) is 1.88. The van der Waals surface area contributed by atoms with Gasteiger partial charge in [-0.1, -0.05) is 35.4 Å². The first-order chi connectivity index (χ1) is 26.5. The number of halogens is 1. The predicted molar refractivity (Wildman–Crippen MR) is 196 cm³/mol. The number of hydrogen-bond donors (Lipinski definition) is 1. The van der Waals surface area contributed by atoms with Gasteiger partial charge in [-0.3, -0.25) is 19.1 Å². The number of hydrogen-bond acceptors (Lipinski definition) is 11. The van der Waals surface area contributed by atoms with Crippen LogP contribution in [0.3, 0.4) is 0 Å². The molecule has 288 valence electrons. The highest BCUT2D eigenvalue weighted by molar-refractivity contribution is 5.97. The first-order valence-electron chi connectivity index (χ1n) is 17.9. The third-order valence-electron chi connectivity index (χ3n) is 10.2. The standard InChI is InChI=1S/C37H39FN8O9/c1-20-15-46(36(50)40-34(20)48)29-14-27(41-42-39)28(55-29)19-53-35(49)25-17-45(23-9-10-23)30-24(32(25)47)13-26(38)31(33(30)52-3)43-11-12-44(21(2)16-43)37(51)54-18-22-7-5-4-6-8-22/h4-8,13,15,17,21,23,27-29H,9-12,14,16,18-19H2,1-3H3,(H,40,48,50). The summed E-state index contributed by atoms with van der Waals surface area (Å²) < 4.78 is 42.0. The van der Waals surface area contributed by atoms with E-state index in [4.69, 9.17) is 24.5 Å². The van der Waals surface area contributed by atoms with E-state index in [2.05, 4.69) is 15.0 Å². The molecule has 1 N–H and O–H groups in total. The molecule has 2 saturated heterocycles. The number of aromatic nitrogens is 3. The third-order valence-corrected chi connectivity index (χ3v) is 10.2. The van der Waals surface area contributed by atoms with Gasteiger partial charge in [0.25, 0.3) is 5.56 Å². The van der Waals surface area contributed by atoms with Crippen LogP contribution < -0.4 is 26.3 Å². The van der Waals surface area contributed by atoms with E-state index in [1.807, 2.05) is 37.3 Å². The van der Waals surface area contributed by atoms with Crippen molar-refractivity contribution in [1.82, 2.24) is 19.0 Å². The molecule has 7 rings (SSSR count). The van der Waals surface area contributed by atoms with Gasteiger partial charge in [0.1, 0.15) is 36.8 Å². The van der Waals surface area contributed by atoms with E-state index in [0.717, 1.165) is 29.0 Å². The lowest BCUT2D eigenvalue weighted by atomic mass is 10.1. The number of fused-ring (bicyclic) bond motifs is 1.